The number of rotatable bonds is 2. The Morgan fingerprint density at radius 2 is 1.78 bits per heavy atom. The number of ether oxygens (including phenoxy) is 1. The van der Waals surface area contributed by atoms with Crippen LogP contribution in [0.2, 0.25) is 0 Å². The summed E-state index contributed by atoms with van der Waals surface area (Å²) in [5, 5.41) is 41.4. The molecule has 0 spiro atoms. The molecular formula is C16H13NO6. The van der Waals surface area contributed by atoms with Crippen LogP contribution < -0.4 is 10.1 Å². The Hall–Kier alpha value is -3.35. The zero-order valence-corrected chi connectivity index (χ0v) is 12.0. The van der Waals surface area contributed by atoms with Gasteiger partial charge in [-0.2, -0.15) is 0 Å². The summed E-state index contributed by atoms with van der Waals surface area (Å²) in [7, 11) is 1.33. The van der Waals surface area contributed by atoms with Crippen molar-refractivity contribution in [1.29, 1.82) is 0 Å². The van der Waals surface area contributed by atoms with Gasteiger partial charge < -0.3 is 30.5 Å². The topological polar surface area (TPSA) is 119 Å². The molecule has 0 aromatic heterocycles. The fourth-order valence-corrected chi connectivity index (χ4v) is 2.35. The molecule has 0 atom stereocenters. The van der Waals surface area contributed by atoms with Crippen molar-refractivity contribution in [2.24, 2.45) is 0 Å². The highest BCUT2D eigenvalue weighted by Crippen LogP contribution is 2.46. The molecule has 0 saturated heterocycles. The van der Waals surface area contributed by atoms with Gasteiger partial charge in [-0.3, -0.25) is 4.79 Å². The normalized spacial score (nSPS) is 14.7. The smallest absolute Gasteiger partial charge is 0.215 e. The molecule has 0 unspecified atom stereocenters. The molecule has 23 heavy (non-hydrogen) atoms. The number of ketones is 1. The maximum Gasteiger partial charge on any atom is 0.215 e. The summed E-state index contributed by atoms with van der Waals surface area (Å²) in [5.41, 5.74) is 0.863. The zero-order valence-electron chi connectivity index (χ0n) is 12.0. The van der Waals surface area contributed by atoms with Crippen LogP contribution in [-0.2, 0) is 0 Å². The van der Waals surface area contributed by atoms with Crippen LogP contribution in [-0.4, -0.2) is 33.3 Å². The molecule has 0 fully saturated rings. The molecule has 0 bridgehead atoms. The van der Waals surface area contributed by atoms with Crippen molar-refractivity contribution >= 4 is 17.5 Å². The summed E-state index contributed by atoms with van der Waals surface area (Å²) in [4.78, 5) is 12.4. The SMILES string of the molecule is COc1cc2c(c(O)c1O)C(=O)C(=Cc1ccc(O)c(O)c1)N2. The number of methoxy groups -OCH3 is 1. The first-order valence-corrected chi connectivity index (χ1v) is 6.60. The molecule has 0 radical (unpaired) electrons. The molecule has 7 nitrogen and oxygen atoms in total. The maximum absolute atomic E-state index is 12.4. The van der Waals surface area contributed by atoms with Gasteiger partial charge in [0.2, 0.25) is 11.5 Å². The minimum absolute atomic E-state index is 0.0325. The van der Waals surface area contributed by atoms with Crippen molar-refractivity contribution in [3.63, 3.8) is 0 Å². The summed E-state index contributed by atoms with van der Waals surface area (Å²) >= 11 is 0. The minimum atomic E-state index is -0.561. The number of benzene rings is 2. The minimum Gasteiger partial charge on any atom is -0.504 e. The first kappa shape index (κ1) is 14.6. The number of phenolic OH excluding ortho intramolecular Hbond substituents is 4. The predicted octanol–water partition coefficient (Wildman–Crippen LogP) is 2.17. The third-order valence-corrected chi connectivity index (χ3v) is 3.51. The van der Waals surface area contributed by atoms with Crippen LogP contribution in [0.5, 0.6) is 28.7 Å². The molecule has 2 aromatic rings. The average molecular weight is 315 g/mol. The monoisotopic (exact) mass is 315 g/mol. The van der Waals surface area contributed by atoms with E-state index in [0.29, 0.717) is 11.3 Å². The molecule has 2 aromatic carbocycles. The number of hydrogen-bond donors (Lipinski definition) is 5. The predicted molar refractivity (Wildman–Crippen MR) is 82.0 cm³/mol. The van der Waals surface area contributed by atoms with Gasteiger partial charge >= 0.3 is 0 Å². The van der Waals surface area contributed by atoms with Crippen molar-refractivity contribution < 1.29 is 30.0 Å². The number of Topliss-reactive ketones (excluding diaryl/α,β-unsaturated/α-hetero) is 1. The molecule has 5 N–H and O–H groups in total. The fourth-order valence-electron chi connectivity index (χ4n) is 2.35. The first-order chi connectivity index (χ1) is 10.9. The number of fused-ring (bicyclic) bond motifs is 1. The summed E-state index contributed by atoms with van der Waals surface area (Å²) in [6, 6.07) is 5.49. The molecule has 1 aliphatic heterocycles. The van der Waals surface area contributed by atoms with Gasteiger partial charge in [0.05, 0.1) is 24.1 Å². The van der Waals surface area contributed by atoms with Gasteiger partial charge in [-0.05, 0) is 23.8 Å². The lowest BCUT2D eigenvalue weighted by atomic mass is 10.1. The van der Waals surface area contributed by atoms with Gasteiger partial charge in [-0.1, -0.05) is 6.07 Å². The number of nitrogens with one attached hydrogen (secondary N) is 1. The summed E-state index contributed by atoms with van der Waals surface area (Å²) in [5.74, 6) is -2.13. The lowest BCUT2D eigenvalue weighted by molar-refractivity contribution is 0.103. The second-order valence-electron chi connectivity index (χ2n) is 4.96. The van der Waals surface area contributed by atoms with Crippen molar-refractivity contribution in [3.05, 3.63) is 41.1 Å². The van der Waals surface area contributed by atoms with E-state index in [2.05, 4.69) is 5.32 Å². The fraction of sp³-hybridized carbons (Fsp3) is 0.0625. The highest BCUT2D eigenvalue weighted by Gasteiger charge is 2.31. The lowest BCUT2D eigenvalue weighted by Crippen LogP contribution is -1.99. The van der Waals surface area contributed by atoms with Crippen molar-refractivity contribution in [3.8, 4) is 28.7 Å². The van der Waals surface area contributed by atoms with Crippen molar-refractivity contribution in [2.75, 3.05) is 12.4 Å². The van der Waals surface area contributed by atoms with E-state index in [9.17, 15) is 25.2 Å². The zero-order chi connectivity index (χ0) is 16.7. The number of anilines is 1. The van der Waals surface area contributed by atoms with E-state index in [1.807, 2.05) is 0 Å². The van der Waals surface area contributed by atoms with Crippen LogP contribution in [0, 0.1) is 0 Å². The molecule has 1 heterocycles. The Morgan fingerprint density at radius 3 is 2.43 bits per heavy atom. The second kappa shape index (κ2) is 5.13. The highest BCUT2D eigenvalue weighted by molar-refractivity contribution is 6.22. The van der Waals surface area contributed by atoms with Gasteiger partial charge in [0.25, 0.3) is 0 Å². The third kappa shape index (κ3) is 2.28. The quantitative estimate of drug-likeness (QED) is 0.327. The average Bonchev–Trinajstić information content (AvgIpc) is 2.83. The van der Waals surface area contributed by atoms with E-state index in [-0.39, 0.29) is 28.5 Å². The molecular weight excluding hydrogens is 302 g/mol. The van der Waals surface area contributed by atoms with Gasteiger partial charge in [-0.25, -0.2) is 0 Å². The number of allylic oxidation sites excluding steroid dienone is 1. The standard InChI is InChI=1S/C16H13NO6/c1-23-12-6-8-13(16(22)15(12)21)14(20)9(17-8)4-7-2-3-10(18)11(19)5-7/h2-6,17-19,21-22H,1H3. The van der Waals surface area contributed by atoms with E-state index in [0.717, 1.165) is 0 Å². The Kier molecular flexibility index (Phi) is 3.25. The number of carbonyl (C=O) groups excluding carboxylic acids is 1. The first-order valence-electron chi connectivity index (χ1n) is 6.60. The molecule has 7 heteroatoms. The van der Waals surface area contributed by atoms with Crippen LogP contribution >= 0.6 is 0 Å². The molecule has 0 aliphatic carbocycles. The Morgan fingerprint density at radius 1 is 1.04 bits per heavy atom. The van der Waals surface area contributed by atoms with Crippen molar-refractivity contribution in [1.82, 2.24) is 0 Å². The molecule has 3 rings (SSSR count). The van der Waals surface area contributed by atoms with Crippen molar-refractivity contribution in [2.45, 2.75) is 0 Å². The largest absolute Gasteiger partial charge is 0.504 e. The Bertz CT molecular complexity index is 856. The van der Waals surface area contributed by atoms with Crippen LogP contribution in [0.15, 0.2) is 30.0 Å². The number of carbonyl (C=O) groups is 1. The van der Waals surface area contributed by atoms with Crippen LogP contribution in [0.25, 0.3) is 6.08 Å². The number of hydrogen-bond acceptors (Lipinski definition) is 7. The van der Waals surface area contributed by atoms with Gasteiger partial charge in [0.15, 0.2) is 23.0 Å². The van der Waals surface area contributed by atoms with Gasteiger partial charge in [0, 0.05) is 6.07 Å². The number of phenols is 4. The summed E-state index contributed by atoms with van der Waals surface area (Å²) < 4.78 is 4.93. The second-order valence-corrected chi connectivity index (χ2v) is 4.96. The molecule has 1 aliphatic rings. The van der Waals surface area contributed by atoms with E-state index < -0.39 is 17.3 Å². The molecule has 0 saturated carbocycles. The van der Waals surface area contributed by atoms with Crippen LogP contribution in [0.3, 0.4) is 0 Å². The third-order valence-electron chi connectivity index (χ3n) is 3.51. The van der Waals surface area contributed by atoms with Gasteiger partial charge in [0.1, 0.15) is 0 Å². The summed E-state index contributed by atoms with van der Waals surface area (Å²) in [6.45, 7) is 0. The molecule has 118 valence electrons. The van der Waals surface area contributed by atoms with Gasteiger partial charge in [-0.15, -0.1) is 0 Å². The number of aromatic hydroxyl groups is 4. The maximum atomic E-state index is 12.4. The van der Waals surface area contributed by atoms with E-state index >= 15 is 0 Å². The molecule has 0 amide bonds. The Labute approximate surface area is 130 Å². The van der Waals surface area contributed by atoms with E-state index in [1.165, 1.54) is 37.5 Å². The van der Waals surface area contributed by atoms with Crippen LogP contribution in [0.4, 0.5) is 5.69 Å². The summed E-state index contributed by atoms with van der Waals surface area (Å²) in [6.07, 6.45) is 1.45. The lowest BCUT2D eigenvalue weighted by Gasteiger charge is -2.08. The van der Waals surface area contributed by atoms with Crippen LogP contribution in [0.1, 0.15) is 15.9 Å². The van der Waals surface area contributed by atoms with E-state index in [1.54, 1.807) is 0 Å². The highest BCUT2D eigenvalue weighted by atomic mass is 16.5. The Balaban J connectivity index is 2.05. The van der Waals surface area contributed by atoms with E-state index in [4.69, 9.17) is 4.74 Å².